The molecule has 1 nitrogen and oxygen atoms in total. The second-order valence-corrected chi connectivity index (χ2v) is 5.48. The SMILES string of the molecule is Cc1cc(C(O)c2ccc(Cl)cc2Br)c(F)cc1F. The molecule has 2 aromatic rings. The second kappa shape index (κ2) is 5.57. The Morgan fingerprint density at radius 1 is 1.11 bits per heavy atom. The van der Waals surface area contributed by atoms with Crippen LogP contribution in [0.1, 0.15) is 22.8 Å². The summed E-state index contributed by atoms with van der Waals surface area (Å²) in [6, 6.07) is 6.87. The average Bonchev–Trinajstić information content (AvgIpc) is 2.33. The Labute approximate surface area is 123 Å². The lowest BCUT2D eigenvalue weighted by molar-refractivity contribution is 0.214. The fraction of sp³-hybridized carbons (Fsp3) is 0.143. The predicted molar refractivity (Wildman–Crippen MR) is 74.3 cm³/mol. The van der Waals surface area contributed by atoms with Gasteiger partial charge in [0.05, 0.1) is 0 Å². The number of hydrogen-bond acceptors (Lipinski definition) is 1. The highest BCUT2D eigenvalue weighted by atomic mass is 79.9. The highest BCUT2D eigenvalue weighted by Gasteiger charge is 2.19. The van der Waals surface area contributed by atoms with Crippen molar-refractivity contribution in [1.29, 1.82) is 0 Å². The topological polar surface area (TPSA) is 20.2 Å². The van der Waals surface area contributed by atoms with Crippen LogP contribution in [0.5, 0.6) is 0 Å². The molecule has 0 spiro atoms. The third-order valence-electron chi connectivity index (χ3n) is 2.83. The van der Waals surface area contributed by atoms with E-state index in [9.17, 15) is 13.9 Å². The summed E-state index contributed by atoms with van der Waals surface area (Å²) in [5.74, 6) is -1.42. The second-order valence-electron chi connectivity index (χ2n) is 4.19. The van der Waals surface area contributed by atoms with Crippen molar-refractivity contribution in [2.45, 2.75) is 13.0 Å². The van der Waals surface area contributed by atoms with Crippen molar-refractivity contribution in [2.75, 3.05) is 0 Å². The van der Waals surface area contributed by atoms with Crippen LogP contribution in [0.25, 0.3) is 0 Å². The number of rotatable bonds is 2. The van der Waals surface area contributed by atoms with Gasteiger partial charge in [0.25, 0.3) is 0 Å². The standard InChI is InChI=1S/C14H10BrClF2O/c1-7-4-10(13(18)6-12(7)17)14(19)9-3-2-8(16)5-11(9)15/h2-6,14,19H,1H3. The van der Waals surface area contributed by atoms with E-state index in [1.165, 1.54) is 13.0 Å². The first-order chi connectivity index (χ1) is 8.90. The van der Waals surface area contributed by atoms with Crippen molar-refractivity contribution in [2.24, 2.45) is 0 Å². The van der Waals surface area contributed by atoms with E-state index in [0.29, 0.717) is 15.1 Å². The molecule has 0 bridgehead atoms. The van der Waals surface area contributed by atoms with Crippen molar-refractivity contribution in [3.05, 3.63) is 68.2 Å². The Morgan fingerprint density at radius 3 is 2.42 bits per heavy atom. The van der Waals surface area contributed by atoms with Crippen LogP contribution in [0.4, 0.5) is 8.78 Å². The smallest absolute Gasteiger partial charge is 0.132 e. The Hall–Kier alpha value is -0.970. The lowest BCUT2D eigenvalue weighted by Gasteiger charge is -2.15. The van der Waals surface area contributed by atoms with Crippen LogP contribution in [-0.2, 0) is 0 Å². The molecule has 0 aliphatic heterocycles. The highest BCUT2D eigenvalue weighted by molar-refractivity contribution is 9.10. The third kappa shape index (κ3) is 2.96. The van der Waals surface area contributed by atoms with Gasteiger partial charge in [-0.25, -0.2) is 8.78 Å². The number of halogens is 4. The van der Waals surface area contributed by atoms with Gasteiger partial charge >= 0.3 is 0 Å². The first kappa shape index (κ1) is 14.4. The molecule has 0 saturated carbocycles. The maximum atomic E-state index is 13.7. The summed E-state index contributed by atoms with van der Waals surface area (Å²) in [5, 5.41) is 10.7. The minimum atomic E-state index is -1.19. The summed E-state index contributed by atoms with van der Waals surface area (Å²) in [7, 11) is 0. The molecule has 19 heavy (non-hydrogen) atoms. The molecule has 1 atom stereocenters. The molecule has 0 amide bonds. The highest BCUT2D eigenvalue weighted by Crippen LogP contribution is 2.32. The molecule has 1 N–H and O–H groups in total. The Bertz CT molecular complexity index is 631. The monoisotopic (exact) mass is 346 g/mol. The molecular formula is C14H10BrClF2O. The van der Waals surface area contributed by atoms with E-state index in [1.807, 2.05) is 0 Å². The zero-order valence-corrected chi connectivity index (χ0v) is 12.3. The zero-order valence-electron chi connectivity index (χ0n) is 9.92. The molecular weight excluding hydrogens is 338 g/mol. The molecule has 1 unspecified atom stereocenters. The lowest BCUT2D eigenvalue weighted by Crippen LogP contribution is -2.05. The first-order valence-electron chi connectivity index (χ1n) is 5.48. The molecule has 5 heteroatoms. The van der Waals surface area contributed by atoms with Gasteiger partial charge in [-0.1, -0.05) is 33.6 Å². The summed E-state index contributed by atoms with van der Waals surface area (Å²) in [5.41, 5.74) is 0.775. The van der Waals surface area contributed by atoms with Gasteiger partial charge in [-0.15, -0.1) is 0 Å². The third-order valence-corrected chi connectivity index (χ3v) is 3.75. The Balaban J connectivity index is 2.49. The minimum absolute atomic E-state index is 0.0296. The summed E-state index contributed by atoms with van der Waals surface area (Å²) < 4.78 is 27.5. The van der Waals surface area contributed by atoms with Gasteiger partial charge in [-0.05, 0) is 36.2 Å². The molecule has 2 rings (SSSR count). The number of benzene rings is 2. The van der Waals surface area contributed by atoms with Gasteiger partial charge in [0.1, 0.15) is 17.7 Å². The summed E-state index contributed by atoms with van der Waals surface area (Å²) in [4.78, 5) is 0. The van der Waals surface area contributed by atoms with E-state index in [0.717, 1.165) is 6.07 Å². The van der Waals surface area contributed by atoms with Gasteiger partial charge in [0, 0.05) is 21.1 Å². The van der Waals surface area contributed by atoms with Crippen LogP contribution < -0.4 is 0 Å². The maximum Gasteiger partial charge on any atom is 0.132 e. The number of aliphatic hydroxyl groups is 1. The van der Waals surface area contributed by atoms with Gasteiger partial charge in [0.15, 0.2) is 0 Å². The van der Waals surface area contributed by atoms with E-state index in [4.69, 9.17) is 11.6 Å². The minimum Gasteiger partial charge on any atom is -0.384 e. The largest absolute Gasteiger partial charge is 0.384 e. The number of aryl methyl sites for hydroxylation is 1. The van der Waals surface area contributed by atoms with Gasteiger partial charge in [-0.2, -0.15) is 0 Å². The lowest BCUT2D eigenvalue weighted by atomic mass is 9.99. The summed E-state index contributed by atoms with van der Waals surface area (Å²) >= 11 is 9.07. The van der Waals surface area contributed by atoms with Crippen LogP contribution in [0.2, 0.25) is 5.02 Å². The molecule has 0 saturated heterocycles. The van der Waals surface area contributed by atoms with Gasteiger partial charge < -0.3 is 5.11 Å². The van der Waals surface area contributed by atoms with Crippen molar-refractivity contribution >= 4 is 27.5 Å². The van der Waals surface area contributed by atoms with Crippen LogP contribution in [0.15, 0.2) is 34.8 Å². The molecule has 2 aromatic carbocycles. The van der Waals surface area contributed by atoms with Crippen LogP contribution in [-0.4, -0.2) is 5.11 Å². The van der Waals surface area contributed by atoms with Crippen molar-refractivity contribution < 1.29 is 13.9 Å². The first-order valence-corrected chi connectivity index (χ1v) is 6.66. The summed E-state index contributed by atoms with van der Waals surface area (Å²) in [6.07, 6.45) is -1.19. The van der Waals surface area contributed by atoms with Crippen molar-refractivity contribution in [3.8, 4) is 0 Å². The molecule has 0 aliphatic rings. The average molecular weight is 348 g/mol. The molecule has 0 heterocycles. The molecule has 0 aromatic heterocycles. The van der Waals surface area contributed by atoms with E-state index < -0.39 is 17.7 Å². The number of hydrogen-bond donors (Lipinski definition) is 1. The van der Waals surface area contributed by atoms with E-state index in [1.54, 1.807) is 18.2 Å². The fourth-order valence-corrected chi connectivity index (χ4v) is 2.68. The zero-order chi connectivity index (χ0) is 14.2. The molecule has 0 radical (unpaired) electrons. The Morgan fingerprint density at radius 2 is 1.79 bits per heavy atom. The van der Waals surface area contributed by atoms with E-state index >= 15 is 0 Å². The molecule has 0 fully saturated rings. The van der Waals surface area contributed by atoms with E-state index in [-0.39, 0.29) is 11.1 Å². The van der Waals surface area contributed by atoms with Crippen molar-refractivity contribution in [1.82, 2.24) is 0 Å². The molecule has 100 valence electrons. The van der Waals surface area contributed by atoms with E-state index in [2.05, 4.69) is 15.9 Å². The van der Waals surface area contributed by atoms with Crippen LogP contribution in [0, 0.1) is 18.6 Å². The van der Waals surface area contributed by atoms with Gasteiger partial charge in [-0.3, -0.25) is 0 Å². The van der Waals surface area contributed by atoms with Gasteiger partial charge in [0.2, 0.25) is 0 Å². The Kier molecular flexibility index (Phi) is 4.23. The van der Waals surface area contributed by atoms with Crippen molar-refractivity contribution in [3.63, 3.8) is 0 Å². The fourth-order valence-electron chi connectivity index (χ4n) is 1.78. The van der Waals surface area contributed by atoms with Crippen LogP contribution >= 0.6 is 27.5 Å². The predicted octanol–water partition coefficient (Wildman–Crippen LogP) is 4.77. The maximum absolute atomic E-state index is 13.7. The summed E-state index contributed by atoms with van der Waals surface area (Å²) in [6.45, 7) is 1.52. The number of aliphatic hydroxyl groups excluding tert-OH is 1. The van der Waals surface area contributed by atoms with Crippen LogP contribution in [0.3, 0.4) is 0 Å². The normalized spacial score (nSPS) is 12.5. The quantitative estimate of drug-likeness (QED) is 0.829. The molecule has 0 aliphatic carbocycles.